The molecule has 0 aliphatic rings. The maximum Gasteiger partial charge on any atom is 0.323 e. The van der Waals surface area contributed by atoms with Crippen LogP contribution in [0.2, 0.25) is 0 Å². The van der Waals surface area contributed by atoms with Crippen molar-refractivity contribution in [1.29, 1.82) is 0 Å². The smallest absolute Gasteiger partial charge is 0.323 e. The van der Waals surface area contributed by atoms with E-state index in [4.69, 9.17) is 0 Å². The number of hydrogen-bond donors (Lipinski definition) is 1. The van der Waals surface area contributed by atoms with Crippen LogP contribution in [0.3, 0.4) is 0 Å². The molecule has 3 nitrogen and oxygen atoms in total. The Labute approximate surface area is 158 Å². The highest BCUT2D eigenvalue weighted by Crippen LogP contribution is 2.34. The van der Waals surface area contributed by atoms with E-state index >= 15 is 0 Å². The first-order chi connectivity index (χ1) is 13.2. The molecule has 1 atom stereocenters. The van der Waals surface area contributed by atoms with E-state index in [0.717, 1.165) is 17.3 Å². The number of carboxylic acid groups (broad SMARTS) is 1. The van der Waals surface area contributed by atoms with Gasteiger partial charge in [-0.25, -0.2) is 0 Å². The number of fused-ring (bicyclic) bond motifs is 1. The summed E-state index contributed by atoms with van der Waals surface area (Å²) < 4.78 is 1.84. The van der Waals surface area contributed by atoms with Gasteiger partial charge in [-0.15, -0.1) is 0 Å². The Balaban J connectivity index is 1.86. The van der Waals surface area contributed by atoms with E-state index in [1.54, 1.807) is 0 Å². The molecule has 0 spiro atoms. The van der Waals surface area contributed by atoms with Gasteiger partial charge in [0, 0.05) is 23.0 Å². The quantitative estimate of drug-likeness (QED) is 0.523. The average molecular weight is 355 g/mol. The molecule has 1 aromatic heterocycles. The lowest BCUT2D eigenvalue weighted by Gasteiger charge is -2.17. The van der Waals surface area contributed by atoms with Crippen molar-refractivity contribution in [3.05, 3.63) is 108 Å². The van der Waals surface area contributed by atoms with Crippen LogP contribution in [-0.4, -0.2) is 15.6 Å². The number of nitrogens with zero attached hydrogens (tertiary/aromatic N) is 1. The third-order valence-electron chi connectivity index (χ3n) is 4.99. The molecule has 0 bridgehead atoms. The largest absolute Gasteiger partial charge is 0.480 e. The predicted octanol–water partition coefficient (Wildman–Crippen LogP) is 5.10. The summed E-state index contributed by atoms with van der Waals surface area (Å²) in [7, 11) is 0. The molecule has 27 heavy (non-hydrogen) atoms. The molecule has 0 aliphatic heterocycles. The topological polar surface area (TPSA) is 42.2 Å². The van der Waals surface area contributed by atoms with E-state index in [1.807, 2.05) is 41.1 Å². The number of benzene rings is 3. The Kier molecular flexibility index (Phi) is 4.75. The second-order valence-corrected chi connectivity index (χ2v) is 6.78. The van der Waals surface area contributed by atoms with Crippen LogP contribution in [0.1, 0.15) is 22.6 Å². The molecule has 1 N–H and O–H groups in total. The minimum atomic E-state index is -0.832. The highest BCUT2D eigenvalue weighted by Gasteiger charge is 2.20. The molecular weight excluding hydrogens is 334 g/mol. The van der Waals surface area contributed by atoms with Crippen LogP contribution in [0.4, 0.5) is 0 Å². The molecule has 3 heteroatoms. The zero-order valence-electron chi connectivity index (χ0n) is 15.0. The number of aromatic nitrogens is 1. The van der Waals surface area contributed by atoms with E-state index < -0.39 is 5.97 Å². The zero-order chi connectivity index (χ0) is 18.6. The Morgan fingerprint density at radius 3 is 2.19 bits per heavy atom. The Morgan fingerprint density at radius 1 is 0.852 bits per heavy atom. The normalized spacial score (nSPS) is 12.1. The van der Waals surface area contributed by atoms with Gasteiger partial charge in [0.15, 0.2) is 0 Å². The summed E-state index contributed by atoms with van der Waals surface area (Å²) >= 11 is 0. The minimum absolute atomic E-state index is 0.0344. The number of hydrogen-bond acceptors (Lipinski definition) is 1. The standard InChI is InChI=1S/C24H21NO2/c26-24(27)17-25-16-22(20-13-7-8-14-23(20)25)21(19-11-5-2-6-12-19)15-18-9-3-1-4-10-18/h1-14,16,21H,15,17H2,(H,26,27). The van der Waals surface area contributed by atoms with Crippen molar-refractivity contribution >= 4 is 16.9 Å². The fourth-order valence-corrected chi connectivity index (χ4v) is 3.77. The molecule has 134 valence electrons. The van der Waals surface area contributed by atoms with Gasteiger partial charge in [-0.3, -0.25) is 4.79 Å². The van der Waals surface area contributed by atoms with Gasteiger partial charge in [0.25, 0.3) is 0 Å². The van der Waals surface area contributed by atoms with E-state index in [0.29, 0.717) is 0 Å². The monoisotopic (exact) mass is 355 g/mol. The van der Waals surface area contributed by atoms with Crippen molar-refractivity contribution < 1.29 is 9.90 Å². The zero-order valence-corrected chi connectivity index (χ0v) is 15.0. The lowest BCUT2D eigenvalue weighted by molar-refractivity contribution is -0.137. The van der Waals surface area contributed by atoms with Crippen molar-refractivity contribution in [1.82, 2.24) is 4.57 Å². The van der Waals surface area contributed by atoms with Crippen molar-refractivity contribution in [3.63, 3.8) is 0 Å². The van der Waals surface area contributed by atoms with Crippen molar-refractivity contribution in [2.75, 3.05) is 0 Å². The third kappa shape index (κ3) is 3.63. The van der Waals surface area contributed by atoms with Gasteiger partial charge in [0.2, 0.25) is 0 Å². The first-order valence-electron chi connectivity index (χ1n) is 9.11. The van der Waals surface area contributed by atoms with Crippen molar-refractivity contribution in [2.24, 2.45) is 0 Å². The van der Waals surface area contributed by atoms with Gasteiger partial charge in [0.1, 0.15) is 6.54 Å². The molecule has 0 saturated heterocycles. The predicted molar refractivity (Wildman–Crippen MR) is 108 cm³/mol. The molecule has 4 aromatic rings. The molecule has 0 aliphatic carbocycles. The van der Waals surface area contributed by atoms with Gasteiger partial charge in [-0.2, -0.15) is 0 Å². The summed E-state index contributed by atoms with van der Waals surface area (Å²) in [5.41, 5.74) is 4.63. The minimum Gasteiger partial charge on any atom is -0.480 e. The highest BCUT2D eigenvalue weighted by atomic mass is 16.4. The summed E-state index contributed by atoms with van der Waals surface area (Å²) in [5, 5.41) is 10.4. The van der Waals surface area contributed by atoms with Gasteiger partial charge >= 0.3 is 5.97 Å². The maximum absolute atomic E-state index is 11.3. The fraction of sp³-hybridized carbons (Fsp3) is 0.125. The SMILES string of the molecule is O=C(O)Cn1cc(C(Cc2ccccc2)c2ccccc2)c2ccccc21. The van der Waals surface area contributed by atoms with Gasteiger partial charge in [-0.1, -0.05) is 78.9 Å². The van der Waals surface area contributed by atoms with E-state index in [2.05, 4.69) is 54.6 Å². The highest BCUT2D eigenvalue weighted by molar-refractivity contribution is 5.86. The lowest BCUT2D eigenvalue weighted by Crippen LogP contribution is -2.08. The summed E-state index contributed by atoms with van der Waals surface area (Å²) in [5.74, 6) is -0.671. The average Bonchev–Trinajstić information content (AvgIpc) is 3.05. The van der Waals surface area contributed by atoms with E-state index in [9.17, 15) is 9.90 Å². The van der Waals surface area contributed by atoms with E-state index in [-0.39, 0.29) is 12.5 Å². The number of rotatable bonds is 6. The summed E-state index contributed by atoms with van der Waals surface area (Å²) in [6.07, 6.45) is 2.88. The van der Waals surface area contributed by atoms with Crippen LogP contribution in [0.25, 0.3) is 10.9 Å². The second kappa shape index (κ2) is 7.50. The maximum atomic E-state index is 11.3. The number of carbonyl (C=O) groups is 1. The molecule has 4 rings (SSSR count). The number of para-hydroxylation sites is 1. The second-order valence-electron chi connectivity index (χ2n) is 6.78. The third-order valence-corrected chi connectivity index (χ3v) is 4.99. The first kappa shape index (κ1) is 17.1. The van der Waals surface area contributed by atoms with Crippen molar-refractivity contribution in [3.8, 4) is 0 Å². The lowest BCUT2D eigenvalue weighted by atomic mass is 9.86. The summed E-state index contributed by atoms with van der Waals surface area (Å²) in [6, 6.07) is 28.9. The fourth-order valence-electron chi connectivity index (χ4n) is 3.77. The van der Waals surface area contributed by atoms with Gasteiger partial charge < -0.3 is 9.67 Å². The van der Waals surface area contributed by atoms with Crippen LogP contribution in [0.5, 0.6) is 0 Å². The van der Waals surface area contributed by atoms with Crippen LogP contribution in [-0.2, 0) is 17.8 Å². The Morgan fingerprint density at radius 2 is 1.48 bits per heavy atom. The van der Waals surface area contributed by atoms with Crippen LogP contribution >= 0.6 is 0 Å². The van der Waals surface area contributed by atoms with Crippen LogP contribution in [0.15, 0.2) is 91.1 Å². The van der Waals surface area contributed by atoms with Crippen molar-refractivity contribution in [2.45, 2.75) is 18.9 Å². The Bertz CT molecular complexity index is 1050. The Hall–Kier alpha value is -3.33. The molecule has 3 aromatic carbocycles. The first-order valence-corrected chi connectivity index (χ1v) is 9.11. The summed E-state index contributed by atoms with van der Waals surface area (Å²) in [6.45, 7) is -0.0344. The van der Waals surface area contributed by atoms with Crippen LogP contribution in [0, 0.1) is 0 Å². The molecule has 0 saturated carbocycles. The molecular formula is C24H21NO2. The number of aliphatic carboxylic acids is 1. The molecule has 1 unspecified atom stereocenters. The number of carboxylic acids is 1. The molecule has 0 amide bonds. The molecule has 0 fully saturated rings. The van der Waals surface area contributed by atoms with Gasteiger partial charge in [-0.05, 0) is 29.2 Å². The molecule has 0 radical (unpaired) electrons. The molecule has 1 heterocycles. The summed E-state index contributed by atoms with van der Waals surface area (Å²) in [4.78, 5) is 11.3. The van der Waals surface area contributed by atoms with Crippen LogP contribution < -0.4 is 0 Å². The van der Waals surface area contributed by atoms with E-state index in [1.165, 1.54) is 16.7 Å². The van der Waals surface area contributed by atoms with Gasteiger partial charge in [0.05, 0.1) is 0 Å².